The minimum absolute atomic E-state index is 0.118. The van der Waals surface area contributed by atoms with Crippen molar-refractivity contribution in [2.45, 2.75) is 32.4 Å². The third kappa shape index (κ3) is 4.11. The zero-order valence-electron chi connectivity index (χ0n) is 10.6. The van der Waals surface area contributed by atoms with Gasteiger partial charge in [0.15, 0.2) is 5.84 Å². The number of amidine groups is 1. The Bertz CT molecular complexity index is 449. The van der Waals surface area contributed by atoms with Crippen molar-refractivity contribution in [2.75, 3.05) is 0 Å². The van der Waals surface area contributed by atoms with Crippen LogP contribution in [0.5, 0.6) is 0 Å². The third-order valence-corrected chi connectivity index (χ3v) is 2.78. The summed E-state index contributed by atoms with van der Waals surface area (Å²) in [5.74, 6) is 2.78. The maximum atomic E-state index is 8.63. The minimum Gasteiger partial charge on any atom is -0.409 e. The first-order chi connectivity index (χ1) is 8.71. The molecule has 0 aliphatic heterocycles. The van der Waals surface area contributed by atoms with Gasteiger partial charge in [0.2, 0.25) is 0 Å². The molecule has 0 saturated carbocycles. The highest BCUT2D eigenvalue weighted by atomic mass is 16.4. The van der Waals surface area contributed by atoms with Gasteiger partial charge in [-0.25, -0.2) is 0 Å². The monoisotopic (exact) mass is 245 g/mol. The van der Waals surface area contributed by atoms with Gasteiger partial charge >= 0.3 is 0 Å². The van der Waals surface area contributed by atoms with Crippen LogP contribution in [0.25, 0.3) is 0 Å². The molecule has 0 saturated heterocycles. The van der Waals surface area contributed by atoms with Crippen LogP contribution >= 0.6 is 0 Å². The Labute approximate surface area is 108 Å². The quantitative estimate of drug-likeness (QED) is 0.235. The molecule has 0 heterocycles. The molecule has 0 aliphatic rings. The van der Waals surface area contributed by atoms with E-state index in [9.17, 15) is 0 Å². The van der Waals surface area contributed by atoms with Crippen LogP contribution in [0, 0.1) is 12.3 Å². The van der Waals surface area contributed by atoms with Crippen molar-refractivity contribution in [1.29, 1.82) is 0 Å². The molecule has 1 rings (SSSR count). The fraction of sp³-hybridized carbons (Fsp3) is 0.357. The van der Waals surface area contributed by atoms with Gasteiger partial charge in [0.1, 0.15) is 0 Å². The second-order valence-electron chi connectivity index (χ2n) is 4.08. The molecule has 0 amide bonds. The largest absolute Gasteiger partial charge is 0.409 e. The first kappa shape index (κ1) is 14.1. The Morgan fingerprint density at radius 3 is 3.00 bits per heavy atom. The first-order valence-corrected chi connectivity index (χ1v) is 5.95. The second-order valence-corrected chi connectivity index (χ2v) is 4.08. The molecule has 0 spiro atoms. The Morgan fingerprint density at radius 2 is 2.39 bits per heavy atom. The molecule has 1 aromatic carbocycles. The Hall–Kier alpha value is -1.99. The SMILES string of the molecule is C#CCC(CC)NCc1cccc(/C(N)=N/O)c1. The van der Waals surface area contributed by atoms with Gasteiger partial charge in [0, 0.05) is 24.6 Å². The van der Waals surface area contributed by atoms with Gasteiger partial charge in [-0.05, 0) is 18.1 Å². The Balaban J connectivity index is 2.65. The van der Waals surface area contributed by atoms with E-state index in [2.05, 4.69) is 23.3 Å². The number of oxime groups is 1. The van der Waals surface area contributed by atoms with Gasteiger partial charge in [0.25, 0.3) is 0 Å². The van der Waals surface area contributed by atoms with E-state index < -0.39 is 0 Å². The molecule has 1 unspecified atom stereocenters. The fourth-order valence-corrected chi connectivity index (χ4v) is 1.66. The molecule has 96 valence electrons. The van der Waals surface area contributed by atoms with Crippen LogP contribution in [0.2, 0.25) is 0 Å². The van der Waals surface area contributed by atoms with E-state index in [0.29, 0.717) is 18.2 Å². The van der Waals surface area contributed by atoms with Crippen molar-refractivity contribution in [1.82, 2.24) is 5.32 Å². The molecule has 0 bridgehead atoms. The molecule has 4 nitrogen and oxygen atoms in total. The van der Waals surface area contributed by atoms with Gasteiger partial charge < -0.3 is 16.3 Å². The molecule has 0 fully saturated rings. The molecular formula is C14H19N3O. The number of nitrogens with zero attached hydrogens (tertiary/aromatic N) is 1. The second kappa shape index (κ2) is 7.36. The first-order valence-electron chi connectivity index (χ1n) is 5.95. The highest BCUT2D eigenvalue weighted by Gasteiger charge is 2.05. The zero-order chi connectivity index (χ0) is 13.4. The molecule has 4 N–H and O–H groups in total. The summed E-state index contributed by atoms with van der Waals surface area (Å²) in [5, 5.41) is 15.0. The van der Waals surface area contributed by atoms with Crippen molar-refractivity contribution >= 4 is 5.84 Å². The summed E-state index contributed by atoms with van der Waals surface area (Å²) in [6, 6.07) is 7.89. The van der Waals surface area contributed by atoms with E-state index >= 15 is 0 Å². The lowest BCUT2D eigenvalue weighted by Crippen LogP contribution is -2.27. The van der Waals surface area contributed by atoms with Gasteiger partial charge in [-0.2, -0.15) is 0 Å². The van der Waals surface area contributed by atoms with Crippen LogP contribution in [0.15, 0.2) is 29.4 Å². The molecule has 1 aromatic rings. The highest BCUT2D eigenvalue weighted by molar-refractivity contribution is 5.97. The molecule has 4 heteroatoms. The van der Waals surface area contributed by atoms with Crippen LogP contribution < -0.4 is 11.1 Å². The van der Waals surface area contributed by atoms with E-state index in [0.717, 1.165) is 18.4 Å². The standard InChI is InChI=1S/C14H19N3O/c1-3-6-13(4-2)16-10-11-7-5-8-12(9-11)14(15)17-18/h1,5,7-9,13,16,18H,4,6,10H2,2H3,(H2,15,17). The lowest BCUT2D eigenvalue weighted by Gasteiger charge is -2.14. The Kier molecular flexibility index (Phi) is 5.75. The van der Waals surface area contributed by atoms with Gasteiger partial charge in [-0.1, -0.05) is 30.3 Å². The van der Waals surface area contributed by atoms with Crippen LogP contribution in [-0.2, 0) is 6.54 Å². The highest BCUT2D eigenvalue weighted by Crippen LogP contribution is 2.06. The fourth-order valence-electron chi connectivity index (χ4n) is 1.66. The molecule has 0 aromatic heterocycles. The van der Waals surface area contributed by atoms with Gasteiger partial charge in [-0.3, -0.25) is 0 Å². The normalized spacial score (nSPS) is 13.0. The van der Waals surface area contributed by atoms with Crippen molar-refractivity contribution in [3.63, 3.8) is 0 Å². The summed E-state index contributed by atoms with van der Waals surface area (Å²) in [5.41, 5.74) is 7.33. The zero-order valence-corrected chi connectivity index (χ0v) is 10.6. The smallest absolute Gasteiger partial charge is 0.170 e. The summed E-state index contributed by atoms with van der Waals surface area (Å²) in [6.45, 7) is 2.81. The summed E-state index contributed by atoms with van der Waals surface area (Å²) in [6.07, 6.45) is 7.01. The van der Waals surface area contributed by atoms with E-state index in [1.807, 2.05) is 18.2 Å². The molecule has 0 aliphatic carbocycles. The van der Waals surface area contributed by atoms with Crippen LogP contribution in [0.1, 0.15) is 30.9 Å². The number of benzene rings is 1. The number of nitrogens with two attached hydrogens (primary N) is 1. The molecule has 0 radical (unpaired) electrons. The summed E-state index contributed by atoms with van der Waals surface area (Å²) in [7, 11) is 0. The molecular weight excluding hydrogens is 226 g/mol. The molecule has 18 heavy (non-hydrogen) atoms. The predicted molar refractivity (Wildman–Crippen MR) is 73.3 cm³/mol. The average Bonchev–Trinajstić information content (AvgIpc) is 2.42. The summed E-state index contributed by atoms with van der Waals surface area (Å²) < 4.78 is 0. The van der Waals surface area contributed by atoms with E-state index in [-0.39, 0.29) is 5.84 Å². The topological polar surface area (TPSA) is 70.6 Å². The number of terminal acetylenes is 1. The average molecular weight is 245 g/mol. The minimum atomic E-state index is 0.118. The maximum Gasteiger partial charge on any atom is 0.170 e. The predicted octanol–water partition coefficient (Wildman–Crippen LogP) is 1.67. The number of hydrogen-bond donors (Lipinski definition) is 3. The maximum absolute atomic E-state index is 8.63. The van der Waals surface area contributed by atoms with E-state index in [1.54, 1.807) is 6.07 Å². The van der Waals surface area contributed by atoms with Crippen LogP contribution in [0.3, 0.4) is 0 Å². The van der Waals surface area contributed by atoms with Crippen molar-refractivity contribution in [2.24, 2.45) is 10.9 Å². The summed E-state index contributed by atoms with van der Waals surface area (Å²) in [4.78, 5) is 0. The van der Waals surface area contributed by atoms with Gasteiger partial charge in [-0.15, -0.1) is 12.3 Å². The van der Waals surface area contributed by atoms with Gasteiger partial charge in [0.05, 0.1) is 0 Å². The van der Waals surface area contributed by atoms with Crippen LogP contribution in [-0.4, -0.2) is 17.1 Å². The Morgan fingerprint density at radius 1 is 1.61 bits per heavy atom. The van der Waals surface area contributed by atoms with Crippen molar-refractivity contribution in [3.05, 3.63) is 35.4 Å². The summed E-state index contributed by atoms with van der Waals surface area (Å²) >= 11 is 0. The third-order valence-electron chi connectivity index (χ3n) is 2.78. The number of rotatable bonds is 6. The lowest BCUT2D eigenvalue weighted by atomic mass is 10.1. The molecule has 1 atom stereocenters. The number of nitrogens with one attached hydrogen (secondary N) is 1. The van der Waals surface area contributed by atoms with E-state index in [4.69, 9.17) is 17.4 Å². The van der Waals surface area contributed by atoms with Crippen molar-refractivity contribution < 1.29 is 5.21 Å². The van der Waals surface area contributed by atoms with Crippen LogP contribution in [0.4, 0.5) is 0 Å². The van der Waals surface area contributed by atoms with Crippen molar-refractivity contribution in [3.8, 4) is 12.3 Å². The number of hydrogen-bond acceptors (Lipinski definition) is 3. The lowest BCUT2D eigenvalue weighted by molar-refractivity contribution is 0.318. The van der Waals surface area contributed by atoms with E-state index in [1.165, 1.54) is 0 Å².